The van der Waals surface area contributed by atoms with Crippen molar-refractivity contribution in [1.29, 1.82) is 0 Å². The highest BCUT2D eigenvalue weighted by Gasteiger charge is 2.28. The zero-order valence-corrected chi connectivity index (χ0v) is 12.0. The van der Waals surface area contributed by atoms with Gasteiger partial charge in [0, 0.05) is 32.5 Å². The third-order valence-electron chi connectivity index (χ3n) is 4.43. The quantitative estimate of drug-likeness (QED) is 0.791. The van der Waals surface area contributed by atoms with E-state index in [-0.39, 0.29) is 0 Å². The Bertz CT molecular complexity index is 508. The lowest BCUT2D eigenvalue weighted by atomic mass is 9.96. The van der Waals surface area contributed by atoms with Gasteiger partial charge in [-0.15, -0.1) is 10.2 Å². The Hall–Kier alpha value is -1.65. The van der Waals surface area contributed by atoms with Crippen LogP contribution in [-0.2, 0) is 11.8 Å². The Morgan fingerprint density at radius 3 is 3.05 bits per heavy atom. The molecule has 0 spiro atoms. The number of rotatable bonds is 3. The van der Waals surface area contributed by atoms with Gasteiger partial charge in [-0.3, -0.25) is 4.79 Å². The molecule has 1 aromatic rings. The van der Waals surface area contributed by atoms with E-state index < -0.39 is 0 Å². The molecule has 20 heavy (non-hydrogen) atoms. The number of carbonyl (C=O) groups excluding carboxylic acids is 1. The number of hydrogen-bond acceptors (Lipinski definition) is 3. The standard InChI is InChI=1S/C15H22N4O/c1-18-11-16-17-15(18)13-7-4-8-19(10-13)14(20)9-12-5-2-3-6-12/h2,5,11-13H,3-4,6-10H2,1H3. The first-order valence-electron chi connectivity index (χ1n) is 7.52. The smallest absolute Gasteiger partial charge is 0.223 e. The lowest BCUT2D eigenvalue weighted by Gasteiger charge is -2.32. The molecule has 5 heteroatoms. The van der Waals surface area contributed by atoms with Gasteiger partial charge in [-0.2, -0.15) is 0 Å². The van der Waals surface area contributed by atoms with E-state index in [1.54, 1.807) is 6.33 Å². The molecule has 0 saturated carbocycles. The van der Waals surface area contributed by atoms with E-state index in [0.29, 0.717) is 24.2 Å². The largest absolute Gasteiger partial charge is 0.342 e. The predicted octanol–water partition coefficient (Wildman–Crippen LogP) is 1.88. The predicted molar refractivity (Wildman–Crippen MR) is 76.0 cm³/mol. The summed E-state index contributed by atoms with van der Waals surface area (Å²) in [6, 6.07) is 0. The normalized spacial score (nSPS) is 26.1. The molecular formula is C15H22N4O. The minimum atomic E-state index is 0.299. The molecule has 0 aromatic carbocycles. The Kier molecular flexibility index (Phi) is 3.85. The molecule has 1 aliphatic carbocycles. The van der Waals surface area contributed by atoms with E-state index >= 15 is 0 Å². The van der Waals surface area contributed by atoms with Crippen molar-refractivity contribution in [3.05, 3.63) is 24.3 Å². The second-order valence-corrected chi connectivity index (χ2v) is 5.95. The van der Waals surface area contributed by atoms with Crippen molar-refractivity contribution in [2.45, 2.75) is 38.0 Å². The van der Waals surface area contributed by atoms with Crippen LogP contribution in [0.25, 0.3) is 0 Å². The fourth-order valence-corrected chi connectivity index (χ4v) is 3.29. The van der Waals surface area contributed by atoms with Gasteiger partial charge in [-0.1, -0.05) is 12.2 Å². The molecule has 2 unspecified atom stereocenters. The highest BCUT2D eigenvalue weighted by Crippen LogP contribution is 2.27. The molecule has 1 saturated heterocycles. The molecule has 3 rings (SSSR count). The Morgan fingerprint density at radius 1 is 1.45 bits per heavy atom. The van der Waals surface area contributed by atoms with Gasteiger partial charge in [0.15, 0.2) is 0 Å². The molecule has 1 aromatic heterocycles. The topological polar surface area (TPSA) is 51.0 Å². The summed E-state index contributed by atoms with van der Waals surface area (Å²) < 4.78 is 1.97. The highest BCUT2D eigenvalue weighted by molar-refractivity contribution is 5.77. The third-order valence-corrected chi connectivity index (χ3v) is 4.43. The maximum atomic E-state index is 12.4. The van der Waals surface area contributed by atoms with Crippen molar-refractivity contribution in [1.82, 2.24) is 19.7 Å². The Morgan fingerprint density at radius 2 is 2.35 bits per heavy atom. The number of nitrogens with zero attached hydrogens (tertiary/aromatic N) is 4. The molecule has 1 aliphatic heterocycles. The van der Waals surface area contributed by atoms with Crippen LogP contribution in [0.1, 0.15) is 43.8 Å². The summed E-state index contributed by atoms with van der Waals surface area (Å²) in [5.74, 6) is 2.09. The zero-order valence-electron chi connectivity index (χ0n) is 12.0. The maximum absolute atomic E-state index is 12.4. The van der Waals surface area contributed by atoms with Crippen LogP contribution < -0.4 is 0 Å². The molecule has 5 nitrogen and oxygen atoms in total. The average molecular weight is 274 g/mol. The van der Waals surface area contributed by atoms with Crippen LogP contribution in [0.5, 0.6) is 0 Å². The van der Waals surface area contributed by atoms with Gasteiger partial charge in [0.1, 0.15) is 12.2 Å². The van der Waals surface area contributed by atoms with E-state index in [9.17, 15) is 4.79 Å². The minimum absolute atomic E-state index is 0.299. The summed E-state index contributed by atoms with van der Waals surface area (Å²) in [4.78, 5) is 14.4. The van der Waals surface area contributed by atoms with E-state index in [1.807, 2.05) is 16.5 Å². The summed E-state index contributed by atoms with van der Waals surface area (Å²) in [6.07, 6.45) is 11.2. The summed E-state index contributed by atoms with van der Waals surface area (Å²) in [5, 5.41) is 8.15. The Balaban J connectivity index is 1.61. The van der Waals surface area contributed by atoms with E-state index in [0.717, 1.165) is 44.6 Å². The molecule has 0 radical (unpaired) electrons. The maximum Gasteiger partial charge on any atom is 0.223 e. The lowest BCUT2D eigenvalue weighted by molar-refractivity contribution is -0.133. The fraction of sp³-hybridized carbons (Fsp3) is 0.667. The van der Waals surface area contributed by atoms with Crippen LogP contribution in [0.3, 0.4) is 0 Å². The van der Waals surface area contributed by atoms with Gasteiger partial charge < -0.3 is 9.47 Å². The van der Waals surface area contributed by atoms with E-state index in [1.165, 1.54) is 0 Å². The van der Waals surface area contributed by atoms with Crippen LogP contribution in [-0.4, -0.2) is 38.7 Å². The number of aromatic nitrogens is 3. The molecule has 0 bridgehead atoms. The van der Waals surface area contributed by atoms with Crippen molar-refractivity contribution in [2.24, 2.45) is 13.0 Å². The SMILES string of the molecule is Cn1cnnc1C1CCCN(C(=O)CC2C=CCC2)C1. The molecule has 108 valence electrons. The van der Waals surface area contributed by atoms with Crippen LogP contribution in [0.2, 0.25) is 0 Å². The summed E-state index contributed by atoms with van der Waals surface area (Å²) in [6.45, 7) is 1.69. The van der Waals surface area contributed by atoms with Crippen molar-refractivity contribution >= 4 is 5.91 Å². The number of hydrogen-bond donors (Lipinski definition) is 0. The highest BCUT2D eigenvalue weighted by atomic mass is 16.2. The number of amides is 1. The van der Waals surface area contributed by atoms with Crippen molar-refractivity contribution < 1.29 is 4.79 Å². The second-order valence-electron chi connectivity index (χ2n) is 5.95. The number of allylic oxidation sites excluding steroid dienone is 2. The molecular weight excluding hydrogens is 252 g/mol. The van der Waals surface area contributed by atoms with Crippen molar-refractivity contribution in [3.8, 4) is 0 Å². The van der Waals surface area contributed by atoms with E-state index in [2.05, 4.69) is 22.3 Å². The summed E-state index contributed by atoms with van der Waals surface area (Å²) in [5.41, 5.74) is 0. The van der Waals surface area contributed by atoms with Gasteiger partial charge in [0.05, 0.1) is 0 Å². The average Bonchev–Trinajstić information content (AvgIpc) is 3.10. The molecule has 2 aliphatic rings. The molecule has 1 amide bonds. The number of piperidine rings is 1. The second kappa shape index (κ2) is 5.77. The third kappa shape index (κ3) is 2.76. The van der Waals surface area contributed by atoms with Gasteiger partial charge in [-0.25, -0.2) is 0 Å². The monoisotopic (exact) mass is 274 g/mol. The van der Waals surface area contributed by atoms with Gasteiger partial charge in [0.25, 0.3) is 0 Å². The molecule has 2 heterocycles. The van der Waals surface area contributed by atoms with Gasteiger partial charge in [-0.05, 0) is 31.6 Å². The minimum Gasteiger partial charge on any atom is -0.342 e. The molecule has 2 atom stereocenters. The van der Waals surface area contributed by atoms with Crippen molar-refractivity contribution in [2.75, 3.05) is 13.1 Å². The number of carbonyl (C=O) groups is 1. The fourth-order valence-electron chi connectivity index (χ4n) is 3.29. The van der Waals surface area contributed by atoms with Crippen LogP contribution in [0, 0.1) is 5.92 Å². The van der Waals surface area contributed by atoms with Gasteiger partial charge in [0.2, 0.25) is 5.91 Å². The molecule has 1 fully saturated rings. The van der Waals surface area contributed by atoms with Crippen LogP contribution in [0.4, 0.5) is 0 Å². The van der Waals surface area contributed by atoms with Crippen molar-refractivity contribution in [3.63, 3.8) is 0 Å². The number of likely N-dealkylation sites (tertiary alicyclic amines) is 1. The Labute approximate surface area is 119 Å². The first-order valence-corrected chi connectivity index (χ1v) is 7.52. The van der Waals surface area contributed by atoms with Gasteiger partial charge >= 0.3 is 0 Å². The first kappa shape index (κ1) is 13.3. The lowest BCUT2D eigenvalue weighted by Crippen LogP contribution is -2.40. The first-order chi connectivity index (χ1) is 9.74. The molecule has 0 N–H and O–H groups in total. The summed E-state index contributed by atoms with van der Waals surface area (Å²) >= 11 is 0. The van der Waals surface area contributed by atoms with Crippen LogP contribution >= 0.6 is 0 Å². The summed E-state index contributed by atoms with van der Waals surface area (Å²) in [7, 11) is 1.97. The van der Waals surface area contributed by atoms with E-state index in [4.69, 9.17) is 0 Å². The zero-order chi connectivity index (χ0) is 13.9. The number of aryl methyl sites for hydroxylation is 1. The van der Waals surface area contributed by atoms with Crippen LogP contribution in [0.15, 0.2) is 18.5 Å².